The van der Waals surface area contributed by atoms with Crippen molar-refractivity contribution in [1.29, 1.82) is 0 Å². The third-order valence-corrected chi connectivity index (χ3v) is 4.61. The molecule has 1 unspecified atom stereocenters. The van der Waals surface area contributed by atoms with Crippen molar-refractivity contribution in [2.75, 3.05) is 11.9 Å². The van der Waals surface area contributed by atoms with Gasteiger partial charge in [0.25, 0.3) is 0 Å². The minimum Gasteiger partial charge on any atom is -0.506 e. The summed E-state index contributed by atoms with van der Waals surface area (Å²) < 4.78 is 0. The second-order valence-corrected chi connectivity index (χ2v) is 6.73. The molecule has 122 valence electrons. The Hall–Kier alpha value is -1.04. The van der Waals surface area contributed by atoms with Gasteiger partial charge in [-0.1, -0.05) is 30.9 Å². The number of halogens is 1. The Balaban J connectivity index is 1.93. The fraction of sp³-hybridized carbons (Fsp3) is 0.562. The molecule has 4 N–H and O–H groups in total. The molecule has 2 rings (SSSR count). The van der Waals surface area contributed by atoms with E-state index in [2.05, 4.69) is 10.6 Å². The van der Waals surface area contributed by atoms with Gasteiger partial charge in [0.1, 0.15) is 5.75 Å². The highest BCUT2D eigenvalue weighted by Gasteiger charge is 2.15. The summed E-state index contributed by atoms with van der Waals surface area (Å²) in [7, 11) is 0. The van der Waals surface area contributed by atoms with Crippen LogP contribution in [0, 0.1) is 5.92 Å². The SMILES string of the molecule is CC(O)c1cc(NC(=S)NCC2CCCCC2)cc(Cl)c1O. The van der Waals surface area contributed by atoms with Crippen LogP contribution >= 0.6 is 23.8 Å². The number of aliphatic hydroxyl groups excluding tert-OH is 1. The van der Waals surface area contributed by atoms with Gasteiger partial charge in [-0.25, -0.2) is 0 Å². The lowest BCUT2D eigenvalue weighted by molar-refractivity contribution is 0.195. The predicted molar refractivity (Wildman–Crippen MR) is 94.5 cm³/mol. The van der Waals surface area contributed by atoms with Gasteiger partial charge in [0.05, 0.1) is 11.1 Å². The number of rotatable bonds is 4. The van der Waals surface area contributed by atoms with Crippen molar-refractivity contribution in [2.45, 2.75) is 45.1 Å². The molecule has 0 heterocycles. The number of nitrogens with one attached hydrogen (secondary N) is 2. The average Bonchev–Trinajstić information content (AvgIpc) is 2.49. The van der Waals surface area contributed by atoms with Gasteiger partial charge in [-0.3, -0.25) is 0 Å². The van der Waals surface area contributed by atoms with Crippen LogP contribution in [0.4, 0.5) is 5.69 Å². The molecular weight excluding hydrogens is 320 g/mol. The minimum atomic E-state index is -0.803. The highest BCUT2D eigenvalue weighted by molar-refractivity contribution is 7.80. The molecule has 1 fully saturated rings. The molecule has 1 aromatic carbocycles. The lowest BCUT2D eigenvalue weighted by Gasteiger charge is -2.22. The van der Waals surface area contributed by atoms with Crippen LogP contribution in [0.15, 0.2) is 12.1 Å². The van der Waals surface area contributed by atoms with Crippen LogP contribution in [0.1, 0.15) is 50.7 Å². The van der Waals surface area contributed by atoms with Gasteiger partial charge in [0.15, 0.2) is 5.11 Å². The van der Waals surface area contributed by atoms with E-state index in [-0.39, 0.29) is 10.8 Å². The predicted octanol–water partition coefficient (Wildman–Crippen LogP) is 3.97. The fourth-order valence-electron chi connectivity index (χ4n) is 2.81. The molecule has 0 amide bonds. The monoisotopic (exact) mass is 342 g/mol. The van der Waals surface area contributed by atoms with E-state index in [1.54, 1.807) is 19.1 Å². The summed E-state index contributed by atoms with van der Waals surface area (Å²) in [6, 6.07) is 3.25. The molecule has 0 aromatic heterocycles. The Bertz CT molecular complexity index is 531. The maximum atomic E-state index is 9.83. The van der Waals surface area contributed by atoms with E-state index in [4.69, 9.17) is 23.8 Å². The zero-order valence-corrected chi connectivity index (χ0v) is 14.3. The summed E-state index contributed by atoms with van der Waals surface area (Å²) in [6.07, 6.45) is 5.66. The molecular formula is C16H23ClN2O2S. The normalized spacial score (nSPS) is 17.0. The van der Waals surface area contributed by atoms with E-state index in [1.807, 2.05) is 0 Å². The Labute approximate surface area is 141 Å². The van der Waals surface area contributed by atoms with Gasteiger partial charge in [0.2, 0.25) is 0 Å². The van der Waals surface area contributed by atoms with Crippen LogP contribution in [0.5, 0.6) is 5.75 Å². The molecule has 1 aliphatic carbocycles. The van der Waals surface area contributed by atoms with Crippen molar-refractivity contribution < 1.29 is 10.2 Å². The molecule has 22 heavy (non-hydrogen) atoms. The van der Waals surface area contributed by atoms with Crippen molar-refractivity contribution in [3.63, 3.8) is 0 Å². The summed E-state index contributed by atoms with van der Waals surface area (Å²) in [6.45, 7) is 2.45. The van der Waals surface area contributed by atoms with E-state index < -0.39 is 6.10 Å². The summed E-state index contributed by atoms with van der Waals surface area (Å²) in [5.41, 5.74) is 1.03. The van der Waals surface area contributed by atoms with Gasteiger partial charge >= 0.3 is 0 Å². The highest BCUT2D eigenvalue weighted by atomic mass is 35.5. The topological polar surface area (TPSA) is 64.5 Å². The third kappa shape index (κ3) is 4.73. The number of phenolic OH excluding ortho intramolecular Hbond substituents is 1. The highest BCUT2D eigenvalue weighted by Crippen LogP contribution is 2.34. The van der Waals surface area contributed by atoms with Crippen molar-refractivity contribution in [3.8, 4) is 5.75 Å². The second-order valence-electron chi connectivity index (χ2n) is 5.91. The van der Waals surface area contributed by atoms with Crippen molar-refractivity contribution in [3.05, 3.63) is 22.7 Å². The van der Waals surface area contributed by atoms with Crippen LogP contribution in [0.2, 0.25) is 5.02 Å². The van der Waals surface area contributed by atoms with E-state index in [0.29, 0.717) is 22.3 Å². The second kappa shape index (κ2) is 7.99. The first kappa shape index (κ1) is 17.3. The smallest absolute Gasteiger partial charge is 0.170 e. The number of thiocarbonyl (C=S) groups is 1. The minimum absolute atomic E-state index is 0.0942. The molecule has 6 heteroatoms. The summed E-state index contributed by atoms with van der Waals surface area (Å²) in [4.78, 5) is 0. The fourth-order valence-corrected chi connectivity index (χ4v) is 3.24. The first-order chi connectivity index (χ1) is 10.5. The molecule has 1 saturated carbocycles. The first-order valence-electron chi connectivity index (χ1n) is 7.72. The Morgan fingerprint density at radius 3 is 2.68 bits per heavy atom. The van der Waals surface area contributed by atoms with Crippen molar-refractivity contribution in [2.24, 2.45) is 5.92 Å². The number of phenols is 1. The number of aromatic hydroxyl groups is 1. The number of hydrogen-bond acceptors (Lipinski definition) is 3. The summed E-state index contributed by atoms with van der Waals surface area (Å²) in [5.74, 6) is 0.591. The molecule has 1 atom stereocenters. The van der Waals surface area contributed by atoms with E-state index in [1.165, 1.54) is 32.1 Å². The molecule has 1 aromatic rings. The van der Waals surface area contributed by atoms with Crippen LogP contribution in [-0.4, -0.2) is 21.9 Å². The zero-order valence-electron chi connectivity index (χ0n) is 12.7. The van der Waals surface area contributed by atoms with E-state index in [0.717, 1.165) is 6.54 Å². The summed E-state index contributed by atoms with van der Waals surface area (Å²) in [5, 5.41) is 26.5. The van der Waals surface area contributed by atoms with Crippen LogP contribution < -0.4 is 10.6 Å². The molecule has 0 saturated heterocycles. The third-order valence-electron chi connectivity index (χ3n) is 4.08. The van der Waals surface area contributed by atoms with Gasteiger partial charge in [-0.2, -0.15) is 0 Å². The van der Waals surface area contributed by atoms with Crippen molar-refractivity contribution >= 4 is 34.6 Å². The number of anilines is 1. The molecule has 0 aliphatic heterocycles. The van der Waals surface area contributed by atoms with Gasteiger partial charge < -0.3 is 20.8 Å². The van der Waals surface area contributed by atoms with E-state index >= 15 is 0 Å². The van der Waals surface area contributed by atoms with Crippen LogP contribution in [0.25, 0.3) is 0 Å². The largest absolute Gasteiger partial charge is 0.506 e. The van der Waals surface area contributed by atoms with Gasteiger partial charge in [0, 0.05) is 17.8 Å². The zero-order chi connectivity index (χ0) is 16.1. The van der Waals surface area contributed by atoms with Gasteiger partial charge in [-0.05, 0) is 50.0 Å². The molecule has 1 aliphatic rings. The average molecular weight is 343 g/mol. The quantitative estimate of drug-likeness (QED) is 0.492. The van der Waals surface area contributed by atoms with Crippen LogP contribution in [0.3, 0.4) is 0 Å². The number of benzene rings is 1. The van der Waals surface area contributed by atoms with E-state index in [9.17, 15) is 10.2 Å². The lowest BCUT2D eigenvalue weighted by Crippen LogP contribution is -2.33. The molecule has 0 bridgehead atoms. The van der Waals surface area contributed by atoms with Gasteiger partial charge in [-0.15, -0.1) is 0 Å². The number of aliphatic hydroxyl groups is 1. The Morgan fingerprint density at radius 2 is 2.05 bits per heavy atom. The molecule has 0 spiro atoms. The maximum absolute atomic E-state index is 9.83. The maximum Gasteiger partial charge on any atom is 0.170 e. The first-order valence-corrected chi connectivity index (χ1v) is 8.51. The molecule has 0 radical (unpaired) electrons. The standard InChI is InChI=1S/C16H23ClN2O2S/c1-10(20)13-7-12(8-14(17)15(13)21)19-16(22)18-9-11-5-3-2-4-6-11/h7-8,10-11,20-21H,2-6,9H2,1H3,(H2,18,19,22). The van der Waals surface area contributed by atoms with Crippen LogP contribution in [-0.2, 0) is 0 Å². The van der Waals surface area contributed by atoms with Crippen molar-refractivity contribution in [1.82, 2.24) is 5.32 Å². The number of hydrogen-bond donors (Lipinski definition) is 4. The lowest BCUT2D eigenvalue weighted by atomic mass is 9.89. The summed E-state index contributed by atoms with van der Waals surface area (Å²) >= 11 is 11.3. The molecule has 4 nitrogen and oxygen atoms in total. The Kier molecular flexibility index (Phi) is 6.29. The Morgan fingerprint density at radius 1 is 1.36 bits per heavy atom.